The third kappa shape index (κ3) is 4.43. The lowest BCUT2D eigenvalue weighted by atomic mass is 9.96. The van der Waals surface area contributed by atoms with Gasteiger partial charge in [-0.15, -0.1) is 0 Å². The smallest absolute Gasteiger partial charge is 0.368 e. The maximum absolute atomic E-state index is 12.9. The first-order chi connectivity index (χ1) is 12.3. The number of rotatable bonds is 5. The third-order valence-corrected chi connectivity index (χ3v) is 4.61. The minimum Gasteiger partial charge on any atom is -0.368 e. The van der Waals surface area contributed by atoms with E-state index in [4.69, 9.17) is 5.73 Å². The molecule has 1 aromatic carbocycles. The van der Waals surface area contributed by atoms with Crippen LogP contribution in [0.4, 0.5) is 13.2 Å². The first-order valence-corrected chi connectivity index (χ1v) is 8.51. The molecule has 2 N–H and O–H groups in total. The summed E-state index contributed by atoms with van der Waals surface area (Å²) in [5.41, 5.74) is 5.29. The molecule has 0 spiro atoms. The molecule has 1 saturated heterocycles. The van der Waals surface area contributed by atoms with Gasteiger partial charge in [-0.05, 0) is 31.0 Å². The maximum atomic E-state index is 12.9. The van der Waals surface area contributed by atoms with Gasteiger partial charge < -0.3 is 10.3 Å². The van der Waals surface area contributed by atoms with E-state index in [-0.39, 0.29) is 12.5 Å². The van der Waals surface area contributed by atoms with Crippen molar-refractivity contribution < 1.29 is 18.0 Å². The van der Waals surface area contributed by atoms with Gasteiger partial charge in [-0.2, -0.15) is 13.2 Å². The number of hydrogen-bond acceptors (Lipinski definition) is 3. The zero-order valence-corrected chi connectivity index (χ0v) is 14.2. The summed E-state index contributed by atoms with van der Waals surface area (Å²) in [4.78, 5) is 17.7. The van der Waals surface area contributed by atoms with Crippen LogP contribution < -0.4 is 5.73 Å². The first kappa shape index (κ1) is 18.4. The number of benzene rings is 1. The van der Waals surface area contributed by atoms with Gasteiger partial charge in [0.05, 0.1) is 5.56 Å². The van der Waals surface area contributed by atoms with E-state index in [0.29, 0.717) is 18.7 Å². The molecule has 1 aromatic heterocycles. The SMILES string of the molecule is NC(=O)Cn1ccnc1C1CCCN(Cc2cccc(C(F)(F)F)c2)C1. The number of amides is 1. The topological polar surface area (TPSA) is 64.2 Å². The number of carbonyl (C=O) groups is 1. The summed E-state index contributed by atoms with van der Waals surface area (Å²) < 4.78 is 40.4. The highest BCUT2D eigenvalue weighted by Crippen LogP contribution is 2.31. The van der Waals surface area contributed by atoms with Gasteiger partial charge >= 0.3 is 6.18 Å². The van der Waals surface area contributed by atoms with E-state index in [0.717, 1.165) is 31.3 Å². The Bertz CT molecular complexity index is 772. The number of carbonyl (C=O) groups excluding carboxylic acids is 1. The number of likely N-dealkylation sites (tertiary alicyclic amines) is 1. The number of hydrogen-bond donors (Lipinski definition) is 1. The lowest BCUT2D eigenvalue weighted by Crippen LogP contribution is -2.35. The van der Waals surface area contributed by atoms with Gasteiger partial charge in [0.15, 0.2) is 0 Å². The van der Waals surface area contributed by atoms with Crippen LogP contribution in [-0.2, 0) is 24.1 Å². The van der Waals surface area contributed by atoms with E-state index < -0.39 is 17.6 Å². The summed E-state index contributed by atoms with van der Waals surface area (Å²) in [6.45, 7) is 2.05. The zero-order chi connectivity index (χ0) is 18.7. The van der Waals surface area contributed by atoms with Gasteiger partial charge in [-0.3, -0.25) is 9.69 Å². The van der Waals surface area contributed by atoms with Crippen LogP contribution in [0, 0.1) is 0 Å². The molecule has 1 atom stereocenters. The van der Waals surface area contributed by atoms with Crippen molar-refractivity contribution in [3.05, 3.63) is 53.6 Å². The lowest BCUT2D eigenvalue weighted by molar-refractivity contribution is -0.137. The Hall–Kier alpha value is -2.35. The fourth-order valence-electron chi connectivity index (χ4n) is 3.50. The van der Waals surface area contributed by atoms with E-state index in [1.54, 1.807) is 23.0 Å². The first-order valence-electron chi connectivity index (χ1n) is 8.51. The predicted octanol–water partition coefficient (Wildman–Crippen LogP) is 2.77. The summed E-state index contributed by atoms with van der Waals surface area (Å²) in [5, 5.41) is 0. The fraction of sp³-hybridized carbons (Fsp3) is 0.444. The Morgan fingerprint density at radius 2 is 2.15 bits per heavy atom. The van der Waals surface area contributed by atoms with Crippen molar-refractivity contribution in [3.8, 4) is 0 Å². The minimum atomic E-state index is -4.33. The van der Waals surface area contributed by atoms with E-state index >= 15 is 0 Å². The van der Waals surface area contributed by atoms with Crippen molar-refractivity contribution >= 4 is 5.91 Å². The monoisotopic (exact) mass is 366 g/mol. The average molecular weight is 366 g/mol. The van der Waals surface area contributed by atoms with Gasteiger partial charge in [0.25, 0.3) is 0 Å². The van der Waals surface area contributed by atoms with Crippen LogP contribution in [0.5, 0.6) is 0 Å². The highest BCUT2D eigenvalue weighted by atomic mass is 19.4. The Morgan fingerprint density at radius 1 is 1.35 bits per heavy atom. The second kappa shape index (κ2) is 7.49. The highest BCUT2D eigenvalue weighted by molar-refractivity contribution is 5.73. The van der Waals surface area contributed by atoms with Crippen LogP contribution in [0.15, 0.2) is 36.7 Å². The van der Waals surface area contributed by atoms with E-state index in [2.05, 4.69) is 9.88 Å². The minimum absolute atomic E-state index is 0.0828. The van der Waals surface area contributed by atoms with Crippen LogP contribution in [0.1, 0.15) is 35.7 Å². The van der Waals surface area contributed by atoms with Crippen LogP contribution in [0.3, 0.4) is 0 Å². The second-order valence-corrected chi connectivity index (χ2v) is 6.65. The molecule has 0 bridgehead atoms. The normalized spacial score (nSPS) is 18.8. The fourth-order valence-corrected chi connectivity index (χ4v) is 3.50. The van der Waals surface area contributed by atoms with Gasteiger partial charge in [0.1, 0.15) is 12.4 Å². The quantitative estimate of drug-likeness (QED) is 0.885. The molecule has 1 unspecified atom stereocenters. The molecule has 1 aliphatic heterocycles. The van der Waals surface area contributed by atoms with Crippen LogP contribution in [0.2, 0.25) is 0 Å². The molecule has 1 fully saturated rings. The van der Waals surface area contributed by atoms with Crippen molar-refractivity contribution in [2.24, 2.45) is 5.73 Å². The number of aromatic nitrogens is 2. The summed E-state index contributed by atoms with van der Waals surface area (Å²) >= 11 is 0. The number of imidazole rings is 1. The number of nitrogens with two attached hydrogens (primary N) is 1. The third-order valence-electron chi connectivity index (χ3n) is 4.61. The van der Waals surface area contributed by atoms with E-state index in [9.17, 15) is 18.0 Å². The largest absolute Gasteiger partial charge is 0.416 e. The Balaban J connectivity index is 1.70. The zero-order valence-electron chi connectivity index (χ0n) is 14.2. The molecular weight excluding hydrogens is 345 g/mol. The second-order valence-electron chi connectivity index (χ2n) is 6.65. The van der Waals surface area contributed by atoms with Gasteiger partial charge in [-0.1, -0.05) is 18.2 Å². The molecule has 0 radical (unpaired) electrons. The van der Waals surface area contributed by atoms with Crippen molar-refractivity contribution in [3.63, 3.8) is 0 Å². The van der Waals surface area contributed by atoms with Crippen molar-refractivity contribution in [2.45, 2.75) is 38.0 Å². The van der Waals surface area contributed by atoms with Crippen LogP contribution >= 0.6 is 0 Å². The molecule has 2 heterocycles. The molecule has 5 nitrogen and oxygen atoms in total. The van der Waals surface area contributed by atoms with Crippen molar-refractivity contribution in [2.75, 3.05) is 13.1 Å². The number of piperidine rings is 1. The average Bonchev–Trinajstić information content (AvgIpc) is 3.02. The highest BCUT2D eigenvalue weighted by Gasteiger charge is 2.31. The number of nitrogens with zero attached hydrogens (tertiary/aromatic N) is 3. The van der Waals surface area contributed by atoms with E-state index in [1.165, 1.54) is 12.1 Å². The number of alkyl halides is 3. The Labute approximate surface area is 149 Å². The lowest BCUT2D eigenvalue weighted by Gasteiger charge is -2.32. The maximum Gasteiger partial charge on any atom is 0.416 e. The number of primary amides is 1. The molecule has 3 rings (SSSR count). The molecule has 1 aliphatic rings. The molecule has 26 heavy (non-hydrogen) atoms. The number of halogens is 3. The van der Waals surface area contributed by atoms with Gasteiger partial charge in [0, 0.05) is 31.4 Å². The van der Waals surface area contributed by atoms with Crippen LogP contribution in [0.25, 0.3) is 0 Å². The molecule has 0 aliphatic carbocycles. The molecular formula is C18H21F3N4O. The van der Waals surface area contributed by atoms with Gasteiger partial charge in [-0.25, -0.2) is 4.98 Å². The summed E-state index contributed by atoms with van der Waals surface area (Å²) in [6.07, 6.45) is 0.887. The summed E-state index contributed by atoms with van der Waals surface area (Å²) in [7, 11) is 0. The standard InChI is InChI=1S/C18H21F3N4O/c19-18(20,21)15-5-1-3-13(9-15)10-24-7-2-4-14(11-24)17-23-6-8-25(17)12-16(22)26/h1,3,5-6,8-9,14H,2,4,7,10-12H2,(H2,22,26). The Kier molecular flexibility index (Phi) is 5.31. The summed E-state index contributed by atoms with van der Waals surface area (Å²) in [5.74, 6) is 0.502. The molecule has 8 heteroatoms. The molecule has 140 valence electrons. The predicted molar refractivity (Wildman–Crippen MR) is 90.1 cm³/mol. The van der Waals surface area contributed by atoms with E-state index in [1.807, 2.05) is 0 Å². The Morgan fingerprint density at radius 3 is 2.88 bits per heavy atom. The summed E-state index contributed by atoms with van der Waals surface area (Å²) in [6, 6.07) is 5.45. The van der Waals surface area contributed by atoms with Gasteiger partial charge in [0.2, 0.25) is 5.91 Å². The molecule has 2 aromatic rings. The molecule has 1 amide bonds. The van der Waals surface area contributed by atoms with Crippen LogP contribution in [-0.4, -0.2) is 33.4 Å². The van der Waals surface area contributed by atoms with Crippen molar-refractivity contribution in [1.29, 1.82) is 0 Å². The van der Waals surface area contributed by atoms with Crippen molar-refractivity contribution in [1.82, 2.24) is 14.5 Å². The molecule has 0 saturated carbocycles.